The first-order valence-corrected chi connectivity index (χ1v) is 8.59. The first-order valence-electron chi connectivity index (χ1n) is 7.77. The van der Waals surface area contributed by atoms with E-state index in [2.05, 4.69) is 38.1 Å². The van der Waals surface area contributed by atoms with Crippen molar-refractivity contribution in [3.8, 4) is 11.3 Å². The number of aromatic nitrogens is 1. The lowest BCUT2D eigenvalue weighted by Crippen LogP contribution is -2.00. The maximum absolute atomic E-state index is 11.5. The van der Waals surface area contributed by atoms with Gasteiger partial charge in [0.1, 0.15) is 0 Å². The first kappa shape index (κ1) is 16.4. The Balaban J connectivity index is 1.81. The van der Waals surface area contributed by atoms with Gasteiger partial charge in [0.15, 0.2) is 0 Å². The lowest BCUT2D eigenvalue weighted by atomic mass is 10.1. The number of hydrogen-bond donors (Lipinski definition) is 0. The highest BCUT2D eigenvalue weighted by Crippen LogP contribution is 2.29. The molecule has 122 valence electrons. The second-order valence-corrected chi connectivity index (χ2v) is 7.03. The third-order valence-corrected chi connectivity index (χ3v) is 4.83. The molecule has 3 aromatic rings. The molecule has 0 unspecified atom stereocenters. The number of rotatable bonds is 4. The van der Waals surface area contributed by atoms with E-state index in [0.717, 1.165) is 28.2 Å². The van der Waals surface area contributed by atoms with Crippen molar-refractivity contribution in [1.82, 2.24) is 4.98 Å². The molecule has 0 radical (unpaired) electrons. The van der Waals surface area contributed by atoms with Crippen LogP contribution in [0.3, 0.4) is 0 Å². The number of methoxy groups -OCH3 is 1. The quantitative estimate of drug-likeness (QED) is 0.642. The van der Waals surface area contributed by atoms with Crippen LogP contribution in [-0.4, -0.2) is 18.1 Å². The maximum atomic E-state index is 11.5. The molecule has 0 aliphatic heterocycles. The summed E-state index contributed by atoms with van der Waals surface area (Å²) in [4.78, 5) is 17.5. The highest BCUT2D eigenvalue weighted by molar-refractivity contribution is 7.12. The van der Waals surface area contributed by atoms with E-state index < -0.39 is 0 Å². The number of ether oxygens (including phenoxy) is 1. The van der Waals surface area contributed by atoms with Crippen molar-refractivity contribution < 1.29 is 9.53 Å². The zero-order valence-corrected chi connectivity index (χ0v) is 14.8. The Labute approximate surface area is 146 Å². The van der Waals surface area contributed by atoms with Crippen molar-refractivity contribution in [1.29, 1.82) is 0 Å². The Kier molecular flexibility index (Phi) is 4.76. The number of carbonyl (C=O) groups is 1. The zero-order chi connectivity index (χ0) is 17.1. The molecule has 1 aromatic heterocycles. The van der Waals surface area contributed by atoms with Crippen LogP contribution >= 0.6 is 11.3 Å². The molecule has 0 fully saturated rings. The van der Waals surface area contributed by atoms with Gasteiger partial charge in [-0.3, -0.25) is 0 Å². The number of carbonyl (C=O) groups excluding carboxylic acids is 1. The SMILES string of the molecule is COC(=O)c1ccc(Cc2nc(-c3cccc(C)c3)c(C)s2)cc1. The van der Waals surface area contributed by atoms with Crippen molar-refractivity contribution in [2.45, 2.75) is 20.3 Å². The number of hydrogen-bond acceptors (Lipinski definition) is 4. The fraction of sp³-hybridized carbons (Fsp3) is 0.200. The number of aryl methyl sites for hydroxylation is 2. The monoisotopic (exact) mass is 337 g/mol. The van der Waals surface area contributed by atoms with Crippen molar-refractivity contribution in [2.24, 2.45) is 0 Å². The van der Waals surface area contributed by atoms with E-state index in [9.17, 15) is 4.79 Å². The fourth-order valence-corrected chi connectivity index (χ4v) is 3.63. The van der Waals surface area contributed by atoms with Gasteiger partial charge in [-0.05, 0) is 37.6 Å². The molecule has 0 saturated carbocycles. The Hall–Kier alpha value is -2.46. The van der Waals surface area contributed by atoms with Gasteiger partial charge in [-0.1, -0.05) is 35.9 Å². The summed E-state index contributed by atoms with van der Waals surface area (Å²) in [6.07, 6.45) is 0.763. The van der Waals surface area contributed by atoms with Gasteiger partial charge in [-0.15, -0.1) is 11.3 Å². The lowest BCUT2D eigenvalue weighted by Gasteiger charge is -2.02. The molecule has 0 saturated heterocycles. The van der Waals surface area contributed by atoms with Crippen molar-refractivity contribution in [3.05, 3.63) is 75.1 Å². The van der Waals surface area contributed by atoms with Gasteiger partial charge in [0.25, 0.3) is 0 Å². The molecule has 0 amide bonds. The van der Waals surface area contributed by atoms with Crippen molar-refractivity contribution in [2.75, 3.05) is 7.11 Å². The van der Waals surface area contributed by atoms with Gasteiger partial charge in [-0.25, -0.2) is 9.78 Å². The number of nitrogens with zero attached hydrogens (tertiary/aromatic N) is 1. The molecule has 4 heteroatoms. The van der Waals surface area contributed by atoms with Crippen LogP contribution in [0.15, 0.2) is 48.5 Å². The summed E-state index contributed by atoms with van der Waals surface area (Å²) in [5.74, 6) is -0.312. The van der Waals surface area contributed by atoms with Crippen LogP contribution in [0.4, 0.5) is 0 Å². The second-order valence-electron chi connectivity index (χ2n) is 5.75. The molecule has 2 aromatic carbocycles. The molecule has 24 heavy (non-hydrogen) atoms. The summed E-state index contributed by atoms with van der Waals surface area (Å²) in [7, 11) is 1.39. The molecule has 0 atom stereocenters. The summed E-state index contributed by atoms with van der Waals surface area (Å²) < 4.78 is 4.72. The van der Waals surface area contributed by atoms with Gasteiger partial charge in [0.05, 0.1) is 23.4 Å². The summed E-state index contributed by atoms with van der Waals surface area (Å²) in [6.45, 7) is 4.20. The summed E-state index contributed by atoms with van der Waals surface area (Å²) in [6, 6.07) is 15.9. The Morgan fingerprint density at radius 2 is 1.88 bits per heavy atom. The molecule has 3 nitrogen and oxygen atoms in total. The molecule has 0 aliphatic carbocycles. The molecule has 0 N–H and O–H groups in total. The minimum Gasteiger partial charge on any atom is -0.465 e. The lowest BCUT2D eigenvalue weighted by molar-refractivity contribution is 0.0600. The van der Waals surface area contributed by atoms with Crippen LogP contribution in [0.2, 0.25) is 0 Å². The Morgan fingerprint density at radius 3 is 2.54 bits per heavy atom. The molecule has 0 spiro atoms. The molecule has 0 bridgehead atoms. The van der Waals surface area contributed by atoms with Crippen LogP contribution < -0.4 is 0 Å². The zero-order valence-electron chi connectivity index (χ0n) is 14.0. The second kappa shape index (κ2) is 6.97. The van der Waals surface area contributed by atoms with E-state index in [1.807, 2.05) is 12.1 Å². The van der Waals surface area contributed by atoms with E-state index >= 15 is 0 Å². The highest BCUT2D eigenvalue weighted by atomic mass is 32.1. The number of thiazole rings is 1. The van der Waals surface area contributed by atoms with E-state index in [-0.39, 0.29) is 5.97 Å². The molecular weight excluding hydrogens is 318 g/mol. The van der Waals surface area contributed by atoms with Crippen molar-refractivity contribution >= 4 is 17.3 Å². The van der Waals surface area contributed by atoms with Crippen LogP contribution in [-0.2, 0) is 11.2 Å². The predicted octanol–water partition coefficient (Wildman–Crippen LogP) is 4.80. The Bertz CT molecular complexity index is 866. The third-order valence-electron chi connectivity index (χ3n) is 3.86. The molecule has 1 heterocycles. The minimum absolute atomic E-state index is 0.312. The molecule has 3 rings (SSSR count). The smallest absolute Gasteiger partial charge is 0.337 e. The van der Waals surface area contributed by atoms with E-state index in [0.29, 0.717) is 5.56 Å². The van der Waals surface area contributed by atoms with Gasteiger partial charge in [0.2, 0.25) is 0 Å². The predicted molar refractivity (Wildman–Crippen MR) is 97.6 cm³/mol. The summed E-state index contributed by atoms with van der Waals surface area (Å²) in [5.41, 5.74) is 5.16. The normalized spacial score (nSPS) is 10.6. The van der Waals surface area contributed by atoms with Gasteiger partial charge >= 0.3 is 5.97 Å². The van der Waals surface area contributed by atoms with Crippen LogP contribution in [0.5, 0.6) is 0 Å². The van der Waals surface area contributed by atoms with Crippen LogP contribution in [0.25, 0.3) is 11.3 Å². The maximum Gasteiger partial charge on any atom is 0.337 e. The highest BCUT2D eigenvalue weighted by Gasteiger charge is 2.11. The van der Waals surface area contributed by atoms with E-state index in [1.54, 1.807) is 23.5 Å². The van der Waals surface area contributed by atoms with Gasteiger partial charge in [0, 0.05) is 16.9 Å². The largest absolute Gasteiger partial charge is 0.465 e. The van der Waals surface area contributed by atoms with Crippen LogP contribution in [0.1, 0.15) is 31.4 Å². The number of benzene rings is 2. The average Bonchev–Trinajstić information content (AvgIpc) is 2.95. The van der Waals surface area contributed by atoms with E-state index in [1.165, 1.54) is 17.6 Å². The topological polar surface area (TPSA) is 39.2 Å². The first-order chi connectivity index (χ1) is 11.6. The van der Waals surface area contributed by atoms with Crippen molar-refractivity contribution in [3.63, 3.8) is 0 Å². The standard InChI is InChI=1S/C20H19NO2S/c1-13-5-4-6-17(11-13)19-14(2)24-18(21-19)12-15-7-9-16(10-8-15)20(22)23-3/h4-11H,12H2,1-3H3. The van der Waals surface area contributed by atoms with Gasteiger partial charge in [-0.2, -0.15) is 0 Å². The average molecular weight is 337 g/mol. The number of esters is 1. The Morgan fingerprint density at radius 1 is 1.12 bits per heavy atom. The van der Waals surface area contributed by atoms with Crippen LogP contribution in [0, 0.1) is 13.8 Å². The molecule has 0 aliphatic rings. The fourth-order valence-electron chi connectivity index (χ4n) is 2.64. The van der Waals surface area contributed by atoms with Gasteiger partial charge < -0.3 is 4.74 Å². The minimum atomic E-state index is -0.312. The summed E-state index contributed by atoms with van der Waals surface area (Å²) >= 11 is 1.72. The third kappa shape index (κ3) is 3.54. The summed E-state index contributed by atoms with van der Waals surface area (Å²) in [5, 5.41) is 1.08. The molecular formula is C20H19NO2S. The van der Waals surface area contributed by atoms with E-state index in [4.69, 9.17) is 9.72 Å².